The minimum absolute atomic E-state index is 0.0330. The molecule has 1 amide bonds. The summed E-state index contributed by atoms with van der Waals surface area (Å²) in [7, 11) is 0. The van der Waals surface area contributed by atoms with E-state index in [1.165, 1.54) is 0 Å². The molecule has 1 heterocycles. The first-order valence-corrected chi connectivity index (χ1v) is 6.12. The number of hydrogen-bond donors (Lipinski definition) is 1. The van der Waals surface area contributed by atoms with Crippen LogP contribution in [0.15, 0.2) is 0 Å². The summed E-state index contributed by atoms with van der Waals surface area (Å²) in [4.78, 5) is 19.4. The minimum Gasteiger partial charge on any atom is -0.304 e. The lowest BCUT2D eigenvalue weighted by Crippen LogP contribution is -2.42. The number of nitrogens with zero attached hydrogens (tertiary/aromatic N) is 1. The molecule has 0 aliphatic carbocycles. The average Bonchev–Trinajstić information content (AvgIpc) is 2.25. The van der Waals surface area contributed by atoms with Crippen molar-refractivity contribution in [1.29, 1.82) is 0 Å². The van der Waals surface area contributed by atoms with Gasteiger partial charge in [0.15, 0.2) is 0 Å². The molecule has 0 spiro atoms. The maximum atomic E-state index is 11.8. The topological polar surface area (TPSA) is 41.6 Å². The fraction of sp³-hybridized carbons (Fsp3) is 0.917. The molecule has 4 heteroatoms. The Balaban J connectivity index is 2.28. The van der Waals surface area contributed by atoms with Crippen molar-refractivity contribution in [2.75, 3.05) is 19.6 Å². The van der Waals surface area contributed by atoms with Gasteiger partial charge in [0.1, 0.15) is 0 Å². The summed E-state index contributed by atoms with van der Waals surface area (Å²) >= 11 is 0. The molecule has 4 nitrogen and oxygen atoms in total. The second kappa shape index (κ2) is 5.64. The fourth-order valence-corrected chi connectivity index (χ4v) is 1.80. The Bertz CT molecular complexity index is 228. The molecule has 0 atom stereocenters. The summed E-state index contributed by atoms with van der Waals surface area (Å²) in [6.07, 6.45) is 1.88. The number of likely N-dealkylation sites (tertiary alicyclic amines) is 1. The SMILES string of the molecule is CCN1CCC(C(=O)NOC(C)(C)C)CC1. The third kappa shape index (κ3) is 4.49. The standard InChI is InChI=1S/C12H24N2O2/c1-5-14-8-6-10(7-9-14)11(15)13-16-12(2,3)4/h10H,5-9H2,1-4H3,(H,13,15). The van der Waals surface area contributed by atoms with Crippen LogP contribution < -0.4 is 5.48 Å². The van der Waals surface area contributed by atoms with E-state index in [-0.39, 0.29) is 17.4 Å². The Morgan fingerprint density at radius 2 is 1.94 bits per heavy atom. The van der Waals surface area contributed by atoms with E-state index in [2.05, 4.69) is 17.3 Å². The number of carbonyl (C=O) groups is 1. The van der Waals surface area contributed by atoms with Crippen LogP contribution in [0, 0.1) is 5.92 Å². The van der Waals surface area contributed by atoms with Crippen molar-refractivity contribution in [3.05, 3.63) is 0 Å². The van der Waals surface area contributed by atoms with Crippen LogP contribution in [0.4, 0.5) is 0 Å². The largest absolute Gasteiger partial charge is 0.304 e. The molecule has 1 saturated heterocycles. The van der Waals surface area contributed by atoms with Crippen LogP contribution in [0.1, 0.15) is 40.5 Å². The molecule has 16 heavy (non-hydrogen) atoms. The summed E-state index contributed by atoms with van der Waals surface area (Å²) in [5.74, 6) is 0.149. The van der Waals surface area contributed by atoms with Crippen LogP contribution in [-0.4, -0.2) is 36.0 Å². The Morgan fingerprint density at radius 3 is 2.38 bits per heavy atom. The van der Waals surface area contributed by atoms with Gasteiger partial charge in [-0.25, -0.2) is 5.48 Å². The molecule has 1 rings (SSSR count). The Morgan fingerprint density at radius 1 is 1.38 bits per heavy atom. The highest BCUT2D eigenvalue weighted by Gasteiger charge is 2.25. The van der Waals surface area contributed by atoms with E-state index in [1.807, 2.05) is 20.8 Å². The average molecular weight is 228 g/mol. The van der Waals surface area contributed by atoms with Crippen molar-refractivity contribution in [1.82, 2.24) is 10.4 Å². The molecule has 0 unspecified atom stereocenters. The molecule has 0 bridgehead atoms. The van der Waals surface area contributed by atoms with Gasteiger partial charge < -0.3 is 4.90 Å². The van der Waals surface area contributed by atoms with Gasteiger partial charge in [-0.1, -0.05) is 6.92 Å². The molecule has 1 fully saturated rings. The van der Waals surface area contributed by atoms with Gasteiger partial charge in [0.05, 0.1) is 5.60 Å². The molecule has 0 aromatic heterocycles. The monoisotopic (exact) mass is 228 g/mol. The summed E-state index contributed by atoms with van der Waals surface area (Å²) in [5, 5.41) is 0. The molecule has 1 aliphatic rings. The maximum absolute atomic E-state index is 11.8. The summed E-state index contributed by atoms with van der Waals surface area (Å²) in [5.41, 5.74) is 2.25. The molecule has 1 aliphatic heterocycles. The van der Waals surface area contributed by atoms with E-state index in [1.54, 1.807) is 0 Å². The first kappa shape index (κ1) is 13.5. The van der Waals surface area contributed by atoms with Gasteiger partial charge in [-0.05, 0) is 53.2 Å². The Hall–Kier alpha value is -0.610. The van der Waals surface area contributed by atoms with Crippen molar-refractivity contribution in [2.45, 2.75) is 46.1 Å². The van der Waals surface area contributed by atoms with Crippen LogP contribution >= 0.6 is 0 Å². The van der Waals surface area contributed by atoms with Crippen molar-refractivity contribution in [2.24, 2.45) is 5.92 Å². The van der Waals surface area contributed by atoms with Crippen molar-refractivity contribution < 1.29 is 9.63 Å². The van der Waals surface area contributed by atoms with Gasteiger partial charge in [-0.3, -0.25) is 9.63 Å². The van der Waals surface area contributed by atoms with E-state index < -0.39 is 0 Å². The van der Waals surface area contributed by atoms with Crippen LogP contribution in [0.25, 0.3) is 0 Å². The normalized spacial score (nSPS) is 19.8. The van der Waals surface area contributed by atoms with Crippen LogP contribution in [0.3, 0.4) is 0 Å². The molecule has 0 radical (unpaired) electrons. The molecular formula is C12H24N2O2. The lowest BCUT2D eigenvalue weighted by molar-refractivity contribution is -0.151. The lowest BCUT2D eigenvalue weighted by Gasteiger charge is -2.30. The van der Waals surface area contributed by atoms with E-state index in [0.717, 1.165) is 32.5 Å². The van der Waals surface area contributed by atoms with Crippen molar-refractivity contribution >= 4 is 5.91 Å². The zero-order chi connectivity index (χ0) is 12.2. The second-order valence-corrected chi connectivity index (χ2v) is 5.39. The second-order valence-electron chi connectivity index (χ2n) is 5.39. The number of carbonyl (C=O) groups excluding carboxylic acids is 1. The smallest absolute Gasteiger partial charge is 0.246 e. The van der Waals surface area contributed by atoms with E-state index in [0.29, 0.717) is 0 Å². The number of hydrogen-bond acceptors (Lipinski definition) is 3. The Labute approximate surface area is 98.3 Å². The summed E-state index contributed by atoms with van der Waals surface area (Å²) < 4.78 is 0. The van der Waals surface area contributed by atoms with Crippen molar-refractivity contribution in [3.63, 3.8) is 0 Å². The van der Waals surface area contributed by atoms with Gasteiger partial charge in [0.2, 0.25) is 5.91 Å². The van der Waals surface area contributed by atoms with Gasteiger partial charge in [-0.15, -0.1) is 0 Å². The van der Waals surface area contributed by atoms with E-state index in [9.17, 15) is 4.79 Å². The highest BCUT2D eigenvalue weighted by molar-refractivity contribution is 5.77. The first-order chi connectivity index (χ1) is 7.42. The zero-order valence-corrected chi connectivity index (χ0v) is 10.9. The third-order valence-electron chi connectivity index (χ3n) is 2.86. The number of amides is 1. The molecule has 0 aromatic rings. The summed E-state index contributed by atoms with van der Waals surface area (Å²) in [6.45, 7) is 11.0. The van der Waals surface area contributed by atoms with E-state index in [4.69, 9.17) is 4.84 Å². The Kier molecular flexibility index (Phi) is 4.74. The van der Waals surface area contributed by atoms with Crippen LogP contribution in [0.2, 0.25) is 0 Å². The van der Waals surface area contributed by atoms with Crippen molar-refractivity contribution in [3.8, 4) is 0 Å². The number of piperidine rings is 1. The predicted octanol–water partition coefficient (Wildman–Crippen LogP) is 1.56. The molecule has 0 saturated carbocycles. The van der Waals surface area contributed by atoms with Gasteiger partial charge in [0, 0.05) is 5.92 Å². The minimum atomic E-state index is -0.320. The summed E-state index contributed by atoms with van der Waals surface area (Å²) in [6, 6.07) is 0. The third-order valence-corrected chi connectivity index (χ3v) is 2.86. The first-order valence-electron chi connectivity index (χ1n) is 6.12. The van der Waals surface area contributed by atoms with Crippen LogP contribution in [0.5, 0.6) is 0 Å². The number of hydroxylamine groups is 1. The lowest BCUT2D eigenvalue weighted by atomic mass is 9.96. The fourth-order valence-electron chi connectivity index (χ4n) is 1.80. The van der Waals surface area contributed by atoms with Gasteiger partial charge in [0.25, 0.3) is 0 Å². The van der Waals surface area contributed by atoms with Gasteiger partial charge in [-0.2, -0.15) is 0 Å². The van der Waals surface area contributed by atoms with Gasteiger partial charge >= 0.3 is 0 Å². The molecule has 0 aromatic carbocycles. The zero-order valence-electron chi connectivity index (χ0n) is 10.9. The molecular weight excluding hydrogens is 204 g/mol. The highest BCUT2D eigenvalue weighted by atomic mass is 16.7. The van der Waals surface area contributed by atoms with Crippen LogP contribution in [-0.2, 0) is 9.63 Å². The molecule has 1 N–H and O–H groups in total. The number of nitrogens with one attached hydrogen (secondary N) is 1. The predicted molar refractivity (Wildman–Crippen MR) is 63.8 cm³/mol. The molecule has 94 valence electrons. The number of rotatable bonds is 3. The maximum Gasteiger partial charge on any atom is 0.246 e. The quantitative estimate of drug-likeness (QED) is 0.745. The highest BCUT2D eigenvalue weighted by Crippen LogP contribution is 2.17. The van der Waals surface area contributed by atoms with E-state index >= 15 is 0 Å².